The Morgan fingerprint density at radius 2 is 2.38 bits per heavy atom. The van der Waals surface area contributed by atoms with Crippen LogP contribution in [0, 0.1) is 11.8 Å². The Balaban J connectivity index is 2.24. The summed E-state index contributed by atoms with van der Waals surface area (Å²) in [6.45, 7) is 0. The van der Waals surface area contributed by atoms with E-state index in [0.717, 1.165) is 11.8 Å². The Bertz CT molecular complexity index is 208. The normalized spacial score (nSPS) is 46.0. The van der Waals surface area contributed by atoms with E-state index in [9.17, 15) is 0 Å². The minimum absolute atomic E-state index is 0.999. The predicted molar refractivity (Wildman–Crippen MR) is 32.4 cm³/mol. The second kappa shape index (κ2) is 0.812. The van der Waals surface area contributed by atoms with Crippen LogP contribution in [-0.4, -0.2) is 0 Å². The fraction of sp³-hybridized carbons (Fsp3) is 0.500. The average molecular weight is 104 g/mol. The van der Waals surface area contributed by atoms with Gasteiger partial charge in [-0.2, -0.15) is 0 Å². The molecule has 0 amide bonds. The molecule has 4 rings (SSSR count). The van der Waals surface area contributed by atoms with Crippen molar-refractivity contribution >= 4 is 0 Å². The number of hydrogen-bond acceptors (Lipinski definition) is 0. The predicted octanol–water partition coefficient (Wildman–Crippen LogP) is 1.89. The van der Waals surface area contributed by atoms with Gasteiger partial charge < -0.3 is 0 Å². The molecule has 4 aliphatic rings. The monoisotopic (exact) mass is 104 g/mol. The van der Waals surface area contributed by atoms with E-state index in [1.54, 1.807) is 11.1 Å². The van der Waals surface area contributed by atoms with Gasteiger partial charge in [0, 0.05) is 0 Å². The van der Waals surface area contributed by atoms with Crippen molar-refractivity contribution in [3.8, 4) is 0 Å². The maximum Gasteiger partial charge on any atom is -0.00639 e. The summed E-state index contributed by atoms with van der Waals surface area (Å²) in [6.07, 6.45) is 7.63. The van der Waals surface area contributed by atoms with Crippen LogP contribution in [0.2, 0.25) is 0 Å². The summed E-state index contributed by atoms with van der Waals surface area (Å²) < 4.78 is 0. The van der Waals surface area contributed by atoms with Gasteiger partial charge in [0.1, 0.15) is 0 Å². The molecule has 0 nitrogen and oxygen atoms in total. The van der Waals surface area contributed by atoms with E-state index in [0.29, 0.717) is 0 Å². The van der Waals surface area contributed by atoms with E-state index in [2.05, 4.69) is 12.2 Å². The molecule has 0 aromatic heterocycles. The maximum absolute atomic E-state index is 2.46. The first-order valence-electron chi connectivity index (χ1n) is 3.34. The Labute approximate surface area is 48.9 Å². The summed E-state index contributed by atoms with van der Waals surface area (Å²) in [6, 6.07) is 0. The molecule has 4 aliphatic carbocycles. The molecule has 1 fully saturated rings. The zero-order valence-corrected chi connectivity index (χ0v) is 4.72. The lowest BCUT2D eigenvalue weighted by Crippen LogP contribution is -2.06. The smallest absolute Gasteiger partial charge is 0.00639 e. The zero-order chi connectivity index (χ0) is 5.14. The van der Waals surface area contributed by atoms with Crippen LogP contribution in [0.15, 0.2) is 23.3 Å². The summed E-state index contributed by atoms with van der Waals surface area (Å²) >= 11 is 0. The van der Waals surface area contributed by atoms with Gasteiger partial charge in [0.05, 0.1) is 0 Å². The summed E-state index contributed by atoms with van der Waals surface area (Å²) in [7, 11) is 0. The van der Waals surface area contributed by atoms with Crippen LogP contribution in [0.4, 0.5) is 0 Å². The summed E-state index contributed by atoms with van der Waals surface area (Å²) in [4.78, 5) is 0. The van der Waals surface area contributed by atoms with Crippen LogP contribution in [-0.2, 0) is 0 Å². The average Bonchev–Trinajstić information content (AvgIpc) is 2.35. The lowest BCUT2D eigenvalue weighted by Gasteiger charge is -2.22. The van der Waals surface area contributed by atoms with Crippen molar-refractivity contribution in [2.75, 3.05) is 0 Å². The van der Waals surface area contributed by atoms with Crippen LogP contribution in [0.25, 0.3) is 0 Å². The summed E-state index contributed by atoms with van der Waals surface area (Å²) in [5, 5.41) is 0. The molecule has 2 atom stereocenters. The molecule has 0 aromatic carbocycles. The Hall–Kier alpha value is -0.520. The summed E-state index contributed by atoms with van der Waals surface area (Å²) in [5.41, 5.74) is 3.35. The molecule has 0 saturated heterocycles. The topological polar surface area (TPSA) is 0 Å². The van der Waals surface area contributed by atoms with E-state index in [1.165, 1.54) is 12.8 Å². The van der Waals surface area contributed by atoms with Crippen molar-refractivity contribution in [2.45, 2.75) is 12.8 Å². The van der Waals surface area contributed by atoms with Gasteiger partial charge in [-0.15, -0.1) is 0 Å². The first-order valence-corrected chi connectivity index (χ1v) is 3.34. The van der Waals surface area contributed by atoms with Gasteiger partial charge in [-0.25, -0.2) is 0 Å². The van der Waals surface area contributed by atoms with Crippen molar-refractivity contribution in [3.05, 3.63) is 23.3 Å². The lowest BCUT2D eigenvalue weighted by molar-refractivity contribution is 0.789. The molecule has 8 heavy (non-hydrogen) atoms. The molecule has 0 radical (unpaired) electrons. The van der Waals surface area contributed by atoms with Crippen molar-refractivity contribution in [1.29, 1.82) is 0 Å². The van der Waals surface area contributed by atoms with Gasteiger partial charge in [-0.3, -0.25) is 0 Å². The van der Waals surface area contributed by atoms with Gasteiger partial charge in [0.15, 0.2) is 0 Å². The molecule has 0 heteroatoms. The number of allylic oxidation sites excluding steroid dienone is 4. The molecule has 0 aromatic rings. The highest BCUT2D eigenvalue weighted by atomic mass is 14.5. The summed E-state index contributed by atoms with van der Waals surface area (Å²) in [5.74, 6) is 2.02. The lowest BCUT2D eigenvalue weighted by atomic mass is 9.83. The van der Waals surface area contributed by atoms with Crippen LogP contribution >= 0.6 is 0 Å². The molecule has 0 heterocycles. The standard InChI is InChI=1S/C8H8/c1-5-2-6(1)8-4-7(8)3-5/h1,3,7-8H,2,4H2/t7-,8?/m1/s1. The van der Waals surface area contributed by atoms with E-state index >= 15 is 0 Å². The largest absolute Gasteiger partial charge is 0.0773 e. The highest BCUT2D eigenvalue weighted by Crippen LogP contribution is 2.56. The highest BCUT2D eigenvalue weighted by Gasteiger charge is 2.44. The Kier molecular flexibility index (Phi) is 0.355. The zero-order valence-electron chi connectivity index (χ0n) is 4.72. The van der Waals surface area contributed by atoms with Crippen LogP contribution in [0.3, 0.4) is 0 Å². The van der Waals surface area contributed by atoms with E-state index in [4.69, 9.17) is 0 Å². The molecule has 0 aliphatic heterocycles. The molecular formula is C8H8. The van der Waals surface area contributed by atoms with Crippen LogP contribution in [0.1, 0.15) is 12.8 Å². The Morgan fingerprint density at radius 1 is 1.50 bits per heavy atom. The second-order valence-electron chi connectivity index (χ2n) is 3.14. The third kappa shape index (κ3) is 0.238. The van der Waals surface area contributed by atoms with Gasteiger partial charge in [-0.05, 0) is 30.3 Å². The molecule has 1 unspecified atom stereocenters. The van der Waals surface area contributed by atoms with Gasteiger partial charge in [0.25, 0.3) is 0 Å². The third-order valence-corrected chi connectivity index (χ3v) is 2.52. The maximum atomic E-state index is 2.46. The molecule has 0 N–H and O–H groups in total. The van der Waals surface area contributed by atoms with E-state index in [-0.39, 0.29) is 0 Å². The third-order valence-electron chi connectivity index (χ3n) is 2.52. The Morgan fingerprint density at radius 3 is 2.88 bits per heavy atom. The minimum Gasteiger partial charge on any atom is -0.0773 e. The van der Waals surface area contributed by atoms with Crippen LogP contribution in [0.5, 0.6) is 0 Å². The number of rotatable bonds is 0. The van der Waals surface area contributed by atoms with E-state index in [1.807, 2.05) is 0 Å². The highest BCUT2D eigenvalue weighted by molar-refractivity contribution is 5.48. The molecule has 1 saturated carbocycles. The molecule has 2 bridgehead atoms. The SMILES string of the molecule is C1=C2C=C(C2)C2C[C@@H]12. The molecule has 0 spiro atoms. The second-order valence-corrected chi connectivity index (χ2v) is 3.14. The van der Waals surface area contributed by atoms with Gasteiger partial charge in [-0.1, -0.05) is 17.7 Å². The molecule has 40 valence electrons. The van der Waals surface area contributed by atoms with E-state index < -0.39 is 0 Å². The first kappa shape index (κ1) is 3.49. The van der Waals surface area contributed by atoms with Crippen molar-refractivity contribution in [2.24, 2.45) is 11.8 Å². The minimum atomic E-state index is 0.999. The van der Waals surface area contributed by atoms with Crippen molar-refractivity contribution in [1.82, 2.24) is 0 Å². The fourth-order valence-electron chi connectivity index (χ4n) is 1.89. The van der Waals surface area contributed by atoms with Gasteiger partial charge in [0.2, 0.25) is 0 Å². The van der Waals surface area contributed by atoms with Crippen LogP contribution < -0.4 is 0 Å². The fourth-order valence-corrected chi connectivity index (χ4v) is 1.89. The number of hydrogen-bond donors (Lipinski definition) is 0. The quantitative estimate of drug-likeness (QED) is 0.440. The molecular weight excluding hydrogens is 96.1 g/mol. The van der Waals surface area contributed by atoms with Crippen molar-refractivity contribution < 1.29 is 0 Å². The van der Waals surface area contributed by atoms with Crippen molar-refractivity contribution in [3.63, 3.8) is 0 Å². The van der Waals surface area contributed by atoms with Gasteiger partial charge >= 0.3 is 0 Å². The first-order chi connectivity index (χ1) is 3.93.